The molecule has 3 aromatic heterocycles. The lowest BCUT2D eigenvalue weighted by Crippen LogP contribution is -2.05. The number of nitrogens with zero attached hydrogens (tertiary/aromatic N) is 5. The van der Waals surface area contributed by atoms with E-state index in [0.717, 1.165) is 0 Å². The van der Waals surface area contributed by atoms with E-state index >= 15 is 0 Å². The zero-order chi connectivity index (χ0) is 16.5. The Hall–Kier alpha value is -3.00. The van der Waals surface area contributed by atoms with Crippen LogP contribution in [0.3, 0.4) is 0 Å². The Kier molecular flexibility index (Phi) is 3.58. The first-order chi connectivity index (χ1) is 11.7. The summed E-state index contributed by atoms with van der Waals surface area (Å²) in [6.45, 7) is 0.396. The molecule has 4 aromatic rings. The number of anilines is 1. The van der Waals surface area contributed by atoms with Gasteiger partial charge in [-0.15, -0.1) is 10.2 Å². The lowest BCUT2D eigenvalue weighted by atomic mass is 10.3. The van der Waals surface area contributed by atoms with Crippen molar-refractivity contribution < 1.29 is 4.39 Å². The van der Waals surface area contributed by atoms with E-state index in [0.29, 0.717) is 35.0 Å². The molecule has 0 amide bonds. The summed E-state index contributed by atoms with van der Waals surface area (Å²) >= 11 is 5.76. The molecule has 0 aliphatic carbocycles. The number of halogens is 2. The van der Waals surface area contributed by atoms with Crippen LogP contribution in [0.2, 0.25) is 5.02 Å². The van der Waals surface area contributed by atoms with Crippen LogP contribution in [0.15, 0.2) is 43.0 Å². The first-order valence-corrected chi connectivity index (χ1v) is 7.46. The van der Waals surface area contributed by atoms with Gasteiger partial charge >= 0.3 is 0 Å². The van der Waals surface area contributed by atoms with Gasteiger partial charge in [0, 0.05) is 18.5 Å². The standard InChI is InChI=1S/C15H11ClFN7/c16-9-5-11-12(6-10(9)17)21-14(20-11)7-19-13-1-2-15(23-22-13)24-4-3-18-8-24/h1-6,8H,7H2,(H,19,22)(H,20,21). The highest BCUT2D eigenvalue weighted by Gasteiger charge is 2.08. The van der Waals surface area contributed by atoms with E-state index < -0.39 is 5.82 Å². The molecule has 0 saturated heterocycles. The third kappa shape index (κ3) is 2.79. The van der Waals surface area contributed by atoms with Crippen LogP contribution in [0, 0.1) is 5.82 Å². The topological polar surface area (TPSA) is 84.3 Å². The second-order valence-electron chi connectivity index (χ2n) is 5.07. The van der Waals surface area contributed by atoms with E-state index in [4.69, 9.17) is 11.6 Å². The molecule has 0 radical (unpaired) electrons. The first-order valence-electron chi connectivity index (χ1n) is 7.08. The predicted octanol–water partition coefficient (Wildman–Crippen LogP) is 2.94. The summed E-state index contributed by atoms with van der Waals surface area (Å²) in [6, 6.07) is 6.45. The molecule has 0 aliphatic heterocycles. The Bertz CT molecular complexity index is 940. The fraction of sp³-hybridized carbons (Fsp3) is 0.0667. The molecule has 0 aliphatic rings. The Morgan fingerprint density at radius 1 is 1.25 bits per heavy atom. The van der Waals surface area contributed by atoms with Crippen LogP contribution in [0.5, 0.6) is 0 Å². The average Bonchev–Trinajstić information content (AvgIpc) is 3.24. The number of nitrogens with one attached hydrogen (secondary N) is 2. The van der Waals surface area contributed by atoms with E-state index in [2.05, 4.69) is 30.5 Å². The van der Waals surface area contributed by atoms with Crippen molar-refractivity contribution in [3.8, 4) is 5.82 Å². The van der Waals surface area contributed by atoms with Gasteiger partial charge in [-0.05, 0) is 18.2 Å². The molecular formula is C15H11ClFN7. The number of hydrogen-bond acceptors (Lipinski definition) is 5. The molecule has 3 heterocycles. The number of benzene rings is 1. The Morgan fingerprint density at radius 2 is 2.17 bits per heavy atom. The van der Waals surface area contributed by atoms with E-state index in [1.807, 2.05) is 12.1 Å². The number of hydrogen-bond donors (Lipinski definition) is 2. The van der Waals surface area contributed by atoms with Crippen molar-refractivity contribution in [3.63, 3.8) is 0 Å². The van der Waals surface area contributed by atoms with Crippen LogP contribution in [0.4, 0.5) is 10.2 Å². The number of aromatic amines is 1. The molecule has 0 fully saturated rings. The van der Waals surface area contributed by atoms with E-state index in [1.165, 1.54) is 12.1 Å². The number of imidazole rings is 2. The number of fused-ring (bicyclic) bond motifs is 1. The van der Waals surface area contributed by atoms with Gasteiger partial charge in [-0.3, -0.25) is 4.57 Å². The van der Waals surface area contributed by atoms with Crippen LogP contribution in [-0.4, -0.2) is 29.7 Å². The summed E-state index contributed by atoms with van der Waals surface area (Å²) in [7, 11) is 0. The van der Waals surface area contributed by atoms with Gasteiger partial charge in [-0.25, -0.2) is 14.4 Å². The van der Waals surface area contributed by atoms with Gasteiger partial charge < -0.3 is 10.3 Å². The molecule has 4 rings (SSSR count). The summed E-state index contributed by atoms with van der Waals surface area (Å²) in [5, 5.41) is 11.4. The highest BCUT2D eigenvalue weighted by molar-refractivity contribution is 6.31. The van der Waals surface area contributed by atoms with Crippen molar-refractivity contribution in [3.05, 3.63) is 59.7 Å². The molecule has 120 valence electrons. The van der Waals surface area contributed by atoms with Gasteiger partial charge in [0.2, 0.25) is 0 Å². The summed E-state index contributed by atoms with van der Waals surface area (Å²) in [6.07, 6.45) is 5.11. The summed E-state index contributed by atoms with van der Waals surface area (Å²) < 4.78 is 15.2. The molecule has 2 N–H and O–H groups in total. The minimum atomic E-state index is -0.478. The summed E-state index contributed by atoms with van der Waals surface area (Å²) in [5.41, 5.74) is 1.20. The van der Waals surface area contributed by atoms with Crippen molar-refractivity contribution in [1.82, 2.24) is 29.7 Å². The molecule has 0 saturated carbocycles. The van der Waals surface area contributed by atoms with Gasteiger partial charge in [0.15, 0.2) is 5.82 Å². The number of rotatable bonds is 4. The molecule has 7 nitrogen and oxygen atoms in total. The maximum atomic E-state index is 13.4. The van der Waals surface area contributed by atoms with Crippen molar-refractivity contribution in [2.45, 2.75) is 6.54 Å². The minimum absolute atomic E-state index is 0.0504. The van der Waals surface area contributed by atoms with Crippen molar-refractivity contribution in [2.24, 2.45) is 0 Å². The third-order valence-electron chi connectivity index (χ3n) is 3.43. The summed E-state index contributed by atoms with van der Waals surface area (Å²) in [5.74, 6) is 1.44. The second-order valence-corrected chi connectivity index (χ2v) is 5.47. The SMILES string of the molecule is Fc1cc2[nH]c(CNc3ccc(-n4ccnc4)nn3)nc2cc1Cl. The minimum Gasteiger partial charge on any atom is -0.361 e. The van der Waals surface area contributed by atoms with E-state index in [-0.39, 0.29) is 5.02 Å². The largest absolute Gasteiger partial charge is 0.361 e. The molecule has 1 aromatic carbocycles. The number of H-pyrrole nitrogens is 1. The summed E-state index contributed by atoms with van der Waals surface area (Å²) in [4.78, 5) is 11.4. The fourth-order valence-corrected chi connectivity index (χ4v) is 2.43. The Balaban J connectivity index is 1.48. The third-order valence-corrected chi connectivity index (χ3v) is 3.72. The second kappa shape index (κ2) is 5.89. The molecule has 0 bridgehead atoms. The average molecular weight is 344 g/mol. The highest BCUT2D eigenvalue weighted by Crippen LogP contribution is 2.21. The molecule has 0 spiro atoms. The zero-order valence-corrected chi connectivity index (χ0v) is 13.0. The van der Waals surface area contributed by atoms with Gasteiger partial charge in [0.05, 0.1) is 22.6 Å². The monoisotopic (exact) mass is 343 g/mol. The molecule has 0 unspecified atom stereocenters. The Morgan fingerprint density at radius 3 is 2.92 bits per heavy atom. The van der Waals surface area contributed by atoms with Gasteiger partial charge in [-0.1, -0.05) is 11.6 Å². The highest BCUT2D eigenvalue weighted by atomic mass is 35.5. The van der Waals surface area contributed by atoms with Crippen LogP contribution in [-0.2, 0) is 6.54 Å². The molecule has 0 atom stereocenters. The van der Waals surface area contributed by atoms with Crippen LogP contribution in [0.25, 0.3) is 16.9 Å². The van der Waals surface area contributed by atoms with E-state index in [9.17, 15) is 4.39 Å². The molecular weight excluding hydrogens is 333 g/mol. The molecule has 24 heavy (non-hydrogen) atoms. The number of aromatic nitrogens is 6. The van der Waals surface area contributed by atoms with Crippen LogP contribution in [0.1, 0.15) is 5.82 Å². The fourth-order valence-electron chi connectivity index (χ4n) is 2.27. The van der Waals surface area contributed by atoms with Crippen molar-refractivity contribution in [1.29, 1.82) is 0 Å². The van der Waals surface area contributed by atoms with Crippen molar-refractivity contribution in [2.75, 3.05) is 5.32 Å². The lowest BCUT2D eigenvalue weighted by molar-refractivity contribution is 0.630. The quantitative estimate of drug-likeness (QED) is 0.595. The molecule has 9 heteroatoms. The van der Waals surface area contributed by atoms with Crippen LogP contribution >= 0.6 is 11.6 Å². The zero-order valence-electron chi connectivity index (χ0n) is 12.2. The van der Waals surface area contributed by atoms with E-state index in [1.54, 1.807) is 23.3 Å². The lowest BCUT2D eigenvalue weighted by Gasteiger charge is -2.04. The van der Waals surface area contributed by atoms with Crippen LogP contribution < -0.4 is 5.32 Å². The maximum absolute atomic E-state index is 13.4. The van der Waals surface area contributed by atoms with Crippen molar-refractivity contribution >= 4 is 28.5 Å². The van der Waals surface area contributed by atoms with Gasteiger partial charge in [-0.2, -0.15) is 0 Å². The van der Waals surface area contributed by atoms with Gasteiger partial charge in [0.1, 0.15) is 23.8 Å². The smallest absolute Gasteiger partial charge is 0.160 e. The maximum Gasteiger partial charge on any atom is 0.160 e. The Labute approximate surface area is 140 Å². The predicted molar refractivity (Wildman–Crippen MR) is 87.5 cm³/mol. The first kappa shape index (κ1) is 14.6. The normalized spacial score (nSPS) is 11.1. The van der Waals surface area contributed by atoms with Gasteiger partial charge in [0.25, 0.3) is 0 Å².